The molecule has 0 aliphatic rings. The first kappa shape index (κ1) is 12.8. The monoisotopic (exact) mass is 287 g/mol. The first-order valence-electron chi connectivity index (χ1n) is 6.22. The number of aromatic amines is 1. The van der Waals surface area contributed by atoms with Gasteiger partial charge in [0.2, 0.25) is 0 Å². The molecule has 2 aromatic heterocycles. The van der Waals surface area contributed by atoms with Crippen molar-refractivity contribution in [3.63, 3.8) is 0 Å². The van der Waals surface area contributed by atoms with Crippen molar-refractivity contribution in [2.75, 3.05) is 0 Å². The topological polar surface area (TPSA) is 78.9 Å². The first-order chi connectivity index (χ1) is 9.61. The fourth-order valence-corrected chi connectivity index (χ4v) is 3.16. The van der Waals surface area contributed by atoms with Gasteiger partial charge in [0.1, 0.15) is 10.8 Å². The number of aliphatic carboxylic acids is 1. The van der Waals surface area contributed by atoms with E-state index in [9.17, 15) is 4.79 Å². The molecule has 5 nitrogen and oxygen atoms in total. The van der Waals surface area contributed by atoms with Crippen LogP contribution in [0, 0.1) is 6.92 Å². The Morgan fingerprint density at radius 2 is 2.15 bits per heavy atom. The van der Waals surface area contributed by atoms with Crippen LogP contribution in [0.4, 0.5) is 0 Å². The maximum Gasteiger partial charge on any atom is 0.308 e. The van der Waals surface area contributed by atoms with Crippen LogP contribution in [-0.4, -0.2) is 26.0 Å². The molecule has 0 aliphatic carbocycles. The van der Waals surface area contributed by atoms with Gasteiger partial charge in [0.15, 0.2) is 0 Å². The van der Waals surface area contributed by atoms with Gasteiger partial charge in [-0.1, -0.05) is 12.1 Å². The molecule has 2 heterocycles. The molecular formula is C14H13N3O2S. The van der Waals surface area contributed by atoms with Crippen molar-refractivity contribution < 1.29 is 9.90 Å². The van der Waals surface area contributed by atoms with Gasteiger partial charge in [-0.15, -0.1) is 11.3 Å². The molecule has 0 saturated heterocycles. The Balaban J connectivity index is 1.85. The minimum Gasteiger partial charge on any atom is -0.481 e. The molecule has 20 heavy (non-hydrogen) atoms. The fourth-order valence-electron chi connectivity index (χ4n) is 2.10. The van der Waals surface area contributed by atoms with Crippen LogP contribution >= 0.6 is 11.3 Å². The number of aryl methyl sites for hydroxylation is 1. The van der Waals surface area contributed by atoms with Crippen molar-refractivity contribution in [3.8, 4) is 0 Å². The number of thiazole rings is 1. The van der Waals surface area contributed by atoms with Crippen LogP contribution < -0.4 is 0 Å². The summed E-state index contributed by atoms with van der Waals surface area (Å²) in [6.45, 7) is 1.84. The maximum atomic E-state index is 10.8. The molecule has 1 aromatic carbocycles. The zero-order chi connectivity index (χ0) is 14.1. The van der Waals surface area contributed by atoms with Gasteiger partial charge < -0.3 is 10.1 Å². The summed E-state index contributed by atoms with van der Waals surface area (Å²) in [6.07, 6.45) is 0.628. The summed E-state index contributed by atoms with van der Waals surface area (Å²) in [4.78, 5) is 23.8. The number of rotatable bonds is 4. The zero-order valence-corrected chi connectivity index (χ0v) is 11.7. The van der Waals surface area contributed by atoms with E-state index in [1.54, 1.807) is 0 Å². The molecule has 0 fully saturated rings. The third kappa shape index (κ3) is 2.55. The molecule has 3 rings (SSSR count). The first-order valence-corrected chi connectivity index (χ1v) is 7.04. The van der Waals surface area contributed by atoms with Gasteiger partial charge in [0.25, 0.3) is 0 Å². The molecule has 0 bridgehead atoms. The second-order valence-corrected chi connectivity index (χ2v) is 5.73. The Labute approximate surface area is 119 Å². The van der Waals surface area contributed by atoms with E-state index in [-0.39, 0.29) is 6.42 Å². The lowest BCUT2D eigenvalue weighted by Crippen LogP contribution is -1.99. The molecule has 0 spiro atoms. The lowest BCUT2D eigenvalue weighted by atomic mass is 10.3. The summed E-state index contributed by atoms with van der Waals surface area (Å²) in [7, 11) is 0. The average Bonchev–Trinajstić information content (AvgIpc) is 2.92. The number of nitrogens with one attached hydrogen (secondary N) is 1. The molecule has 0 saturated carbocycles. The smallest absolute Gasteiger partial charge is 0.308 e. The van der Waals surface area contributed by atoms with E-state index < -0.39 is 5.97 Å². The summed E-state index contributed by atoms with van der Waals surface area (Å²) in [5.74, 6) is 0.0221. The van der Waals surface area contributed by atoms with Crippen LogP contribution in [0.25, 0.3) is 11.0 Å². The Kier molecular flexibility index (Phi) is 3.23. The van der Waals surface area contributed by atoms with E-state index >= 15 is 0 Å². The van der Waals surface area contributed by atoms with Gasteiger partial charge in [-0.3, -0.25) is 4.79 Å². The van der Waals surface area contributed by atoms with Crippen LogP contribution in [0.3, 0.4) is 0 Å². The number of H-pyrrole nitrogens is 1. The number of para-hydroxylation sites is 2. The van der Waals surface area contributed by atoms with E-state index in [1.807, 2.05) is 31.2 Å². The van der Waals surface area contributed by atoms with E-state index in [0.717, 1.165) is 32.4 Å². The van der Waals surface area contributed by atoms with Gasteiger partial charge >= 0.3 is 5.97 Å². The van der Waals surface area contributed by atoms with Gasteiger partial charge in [0, 0.05) is 4.88 Å². The highest BCUT2D eigenvalue weighted by Gasteiger charge is 2.12. The van der Waals surface area contributed by atoms with Crippen LogP contribution in [0.15, 0.2) is 24.3 Å². The molecule has 0 atom stereocenters. The second-order valence-electron chi connectivity index (χ2n) is 4.56. The molecular weight excluding hydrogens is 274 g/mol. The quantitative estimate of drug-likeness (QED) is 0.773. The van der Waals surface area contributed by atoms with Gasteiger partial charge in [-0.25, -0.2) is 9.97 Å². The number of fused-ring (bicyclic) bond motifs is 1. The number of hydrogen-bond acceptors (Lipinski definition) is 4. The fraction of sp³-hybridized carbons (Fsp3) is 0.214. The van der Waals surface area contributed by atoms with E-state index in [4.69, 9.17) is 5.11 Å². The van der Waals surface area contributed by atoms with E-state index in [2.05, 4.69) is 15.0 Å². The number of nitrogens with zero attached hydrogens (tertiary/aromatic N) is 2. The van der Waals surface area contributed by atoms with Gasteiger partial charge in [0.05, 0.1) is 29.6 Å². The summed E-state index contributed by atoms with van der Waals surface area (Å²) in [5, 5.41) is 9.73. The van der Waals surface area contributed by atoms with Crippen molar-refractivity contribution in [2.24, 2.45) is 0 Å². The Hall–Kier alpha value is -2.21. The standard InChI is InChI=1S/C14H13N3O2S/c1-8-11(6-14(18)19)20-13(15-8)7-12-16-9-4-2-3-5-10(9)17-12/h2-5H,6-7H2,1H3,(H,16,17)(H,18,19). The number of hydrogen-bond donors (Lipinski definition) is 2. The third-order valence-electron chi connectivity index (χ3n) is 3.01. The predicted octanol–water partition coefficient (Wildman–Crippen LogP) is 2.55. The van der Waals surface area contributed by atoms with E-state index in [0.29, 0.717) is 6.42 Å². The lowest BCUT2D eigenvalue weighted by molar-refractivity contribution is -0.136. The number of carbonyl (C=O) groups is 1. The van der Waals surface area contributed by atoms with E-state index in [1.165, 1.54) is 11.3 Å². The molecule has 0 aliphatic heterocycles. The minimum absolute atomic E-state index is 0.0314. The largest absolute Gasteiger partial charge is 0.481 e. The number of imidazole rings is 1. The summed E-state index contributed by atoms with van der Waals surface area (Å²) in [6, 6.07) is 7.85. The number of carboxylic acids is 1. The zero-order valence-electron chi connectivity index (χ0n) is 10.9. The van der Waals surface area contributed by atoms with Crippen LogP contribution in [-0.2, 0) is 17.6 Å². The normalized spacial score (nSPS) is 11.1. The highest BCUT2D eigenvalue weighted by molar-refractivity contribution is 7.11. The molecule has 6 heteroatoms. The van der Waals surface area contributed by atoms with Crippen molar-refractivity contribution in [1.29, 1.82) is 0 Å². The number of benzene rings is 1. The predicted molar refractivity (Wildman–Crippen MR) is 77.1 cm³/mol. The van der Waals surface area contributed by atoms with Crippen molar-refractivity contribution >= 4 is 28.3 Å². The summed E-state index contributed by atoms with van der Waals surface area (Å²) in [5.41, 5.74) is 2.73. The van der Waals surface area contributed by atoms with Gasteiger partial charge in [-0.05, 0) is 19.1 Å². The highest BCUT2D eigenvalue weighted by atomic mass is 32.1. The molecule has 0 amide bonds. The molecule has 102 valence electrons. The molecule has 3 aromatic rings. The lowest BCUT2D eigenvalue weighted by Gasteiger charge is -1.90. The highest BCUT2D eigenvalue weighted by Crippen LogP contribution is 2.21. The third-order valence-corrected chi connectivity index (χ3v) is 4.16. The molecule has 0 unspecified atom stereocenters. The SMILES string of the molecule is Cc1nc(Cc2nc3ccccc3[nH]2)sc1CC(=O)O. The Morgan fingerprint density at radius 3 is 2.90 bits per heavy atom. The minimum atomic E-state index is -0.827. The number of aromatic nitrogens is 3. The van der Waals surface area contributed by atoms with Crippen LogP contribution in [0.1, 0.15) is 21.4 Å². The number of carboxylic acid groups (broad SMARTS) is 1. The Bertz CT molecular complexity index is 743. The average molecular weight is 287 g/mol. The second kappa shape index (κ2) is 5.05. The maximum absolute atomic E-state index is 10.8. The summed E-state index contributed by atoms with van der Waals surface area (Å²) < 4.78 is 0. The molecule has 0 radical (unpaired) electrons. The Morgan fingerprint density at radius 1 is 1.35 bits per heavy atom. The summed E-state index contributed by atoms with van der Waals surface area (Å²) >= 11 is 1.44. The van der Waals surface area contributed by atoms with Crippen LogP contribution in [0.5, 0.6) is 0 Å². The molecule has 2 N–H and O–H groups in total. The van der Waals surface area contributed by atoms with Gasteiger partial charge in [-0.2, -0.15) is 0 Å². The van der Waals surface area contributed by atoms with Crippen LogP contribution in [0.2, 0.25) is 0 Å². The van der Waals surface area contributed by atoms with Crippen molar-refractivity contribution in [2.45, 2.75) is 19.8 Å². The van der Waals surface area contributed by atoms with Crippen molar-refractivity contribution in [3.05, 3.63) is 45.7 Å². The van der Waals surface area contributed by atoms with Crippen molar-refractivity contribution in [1.82, 2.24) is 15.0 Å².